The van der Waals surface area contributed by atoms with Gasteiger partial charge in [-0.05, 0) is 49.0 Å². The van der Waals surface area contributed by atoms with E-state index in [4.69, 9.17) is 12.2 Å². The standard InChI is InChI=1S/C16H11BrN2O2S/c1-9-4-2-3-5-11(9)14(20)19-15(21)12-8-10(17)6-7-13(12)18-16(19)22/h2-8H,1H3,(H,18,22). The van der Waals surface area contributed by atoms with Crippen LogP contribution in [0.2, 0.25) is 0 Å². The van der Waals surface area contributed by atoms with Crippen molar-refractivity contribution in [3.63, 3.8) is 0 Å². The fourth-order valence-electron chi connectivity index (χ4n) is 2.30. The minimum atomic E-state index is -0.425. The van der Waals surface area contributed by atoms with Crippen molar-refractivity contribution in [1.82, 2.24) is 9.55 Å². The minimum absolute atomic E-state index is 0.0908. The number of carbonyl (C=O) groups excluding carboxylic acids is 1. The molecule has 110 valence electrons. The van der Waals surface area contributed by atoms with Crippen molar-refractivity contribution in [1.29, 1.82) is 0 Å². The van der Waals surface area contributed by atoms with Crippen molar-refractivity contribution in [2.75, 3.05) is 0 Å². The molecule has 22 heavy (non-hydrogen) atoms. The Balaban J connectivity index is 2.32. The van der Waals surface area contributed by atoms with Gasteiger partial charge in [-0.15, -0.1) is 0 Å². The van der Waals surface area contributed by atoms with E-state index in [9.17, 15) is 9.59 Å². The number of hydrogen-bond acceptors (Lipinski definition) is 3. The van der Waals surface area contributed by atoms with Gasteiger partial charge in [0.25, 0.3) is 11.5 Å². The molecule has 2 aromatic carbocycles. The summed E-state index contributed by atoms with van der Waals surface area (Å²) in [7, 11) is 0. The molecule has 0 spiro atoms. The van der Waals surface area contributed by atoms with E-state index in [0.29, 0.717) is 16.5 Å². The van der Waals surface area contributed by atoms with Gasteiger partial charge in [-0.3, -0.25) is 9.59 Å². The molecule has 1 heterocycles. The predicted molar refractivity (Wildman–Crippen MR) is 92.0 cm³/mol. The summed E-state index contributed by atoms with van der Waals surface area (Å²) in [6, 6.07) is 12.3. The maximum absolute atomic E-state index is 12.7. The van der Waals surface area contributed by atoms with E-state index in [1.54, 1.807) is 30.3 Å². The summed E-state index contributed by atoms with van der Waals surface area (Å²) in [5.41, 5.74) is 1.43. The van der Waals surface area contributed by atoms with E-state index < -0.39 is 11.5 Å². The normalized spacial score (nSPS) is 10.8. The number of aromatic amines is 1. The third kappa shape index (κ3) is 2.44. The summed E-state index contributed by atoms with van der Waals surface area (Å²) in [6.45, 7) is 1.82. The first-order chi connectivity index (χ1) is 10.5. The second-order valence-electron chi connectivity index (χ2n) is 4.88. The maximum atomic E-state index is 12.7. The maximum Gasteiger partial charge on any atom is 0.269 e. The molecule has 1 aromatic heterocycles. The third-order valence-electron chi connectivity index (χ3n) is 3.44. The number of benzene rings is 2. The molecule has 0 fully saturated rings. The molecule has 3 rings (SSSR count). The topological polar surface area (TPSA) is 54.9 Å². The SMILES string of the molecule is Cc1ccccc1C(=O)n1c(=S)[nH]c2ccc(Br)cc2c1=O. The number of aromatic nitrogens is 2. The molecule has 0 saturated heterocycles. The van der Waals surface area contributed by atoms with E-state index >= 15 is 0 Å². The summed E-state index contributed by atoms with van der Waals surface area (Å²) >= 11 is 8.52. The first kappa shape index (κ1) is 14.9. The average Bonchev–Trinajstić information content (AvgIpc) is 2.48. The van der Waals surface area contributed by atoms with Crippen LogP contribution in [0.4, 0.5) is 0 Å². The van der Waals surface area contributed by atoms with Crippen LogP contribution in [0.3, 0.4) is 0 Å². The second-order valence-corrected chi connectivity index (χ2v) is 6.18. The zero-order valence-electron chi connectivity index (χ0n) is 11.6. The van der Waals surface area contributed by atoms with E-state index in [1.807, 2.05) is 19.1 Å². The Bertz CT molecular complexity index is 1020. The number of nitrogens with one attached hydrogen (secondary N) is 1. The van der Waals surface area contributed by atoms with Crippen LogP contribution in [-0.4, -0.2) is 15.5 Å². The highest BCUT2D eigenvalue weighted by Crippen LogP contribution is 2.16. The van der Waals surface area contributed by atoms with Crippen molar-refractivity contribution in [3.8, 4) is 0 Å². The Morgan fingerprint density at radius 2 is 1.95 bits per heavy atom. The van der Waals surface area contributed by atoms with Gasteiger partial charge in [-0.25, -0.2) is 4.57 Å². The monoisotopic (exact) mass is 374 g/mol. The number of rotatable bonds is 1. The predicted octanol–water partition coefficient (Wildman–Crippen LogP) is 3.82. The number of carbonyl (C=O) groups is 1. The molecule has 0 aliphatic heterocycles. The van der Waals surface area contributed by atoms with Crippen LogP contribution < -0.4 is 5.56 Å². The van der Waals surface area contributed by atoms with Crippen molar-refractivity contribution >= 4 is 45.0 Å². The van der Waals surface area contributed by atoms with Crippen LogP contribution in [0.5, 0.6) is 0 Å². The number of hydrogen-bond donors (Lipinski definition) is 1. The van der Waals surface area contributed by atoms with Gasteiger partial charge < -0.3 is 4.98 Å². The molecule has 4 nitrogen and oxygen atoms in total. The third-order valence-corrected chi connectivity index (χ3v) is 4.22. The van der Waals surface area contributed by atoms with Gasteiger partial charge in [0.2, 0.25) is 0 Å². The molecule has 0 aliphatic rings. The Morgan fingerprint density at radius 1 is 1.23 bits per heavy atom. The zero-order chi connectivity index (χ0) is 15.9. The van der Waals surface area contributed by atoms with Gasteiger partial charge >= 0.3 is 0 Å². The Morgan fingerprint density at radius 3 is 2.68 bits per heavy atom. The Hall–Kier alpha value is -2.05. The molecule has 0 bridgehead atoms. The van der Waals surface area contributed by atoms with Crippen LogP contribution in [0.15, 0.2) is 51.7 Å². The van der Waals surface area contributed by atoms with Gasteiger partial charge in [-0.2, -0.15) is 0 Å². The lowest BCUT2D eigenvalue weighted by Gasteiger charge is -2.09. The number of H-pyrrole nitrogens is 1. The number of fused-ring (bicyclic) bond motifs is 1. The molecule has 0 saturated carbocycles. The lowest BCUT2D eigenvalue weighted by atomic mass is 10.1. The molecule has 0 unspecified atom stereocenters. The highest BCUT2D eigenvalue weighted by molar-refractivity contribution is 9.10. The highest BCUT2D eigenvalue weighted by Gasteiger charge is 2.16. The van der Waals surface area contributed by atoms with Crippen molar-refractivity contribution in [3.05, 3.63) is 73.2 Å². The fraction of sp³-hybridized carbons (Fsp3) is 0.0625. The van der Waals surface area contributed by atoms with E-state index in [1.165, 1.54) is 0 Å². The van der Waals surface area contributed by atoms with E-state index in [0.717, 1.165) is 14.6 Å². The first-order valence-electron chi connectivity index (χ1n) is 6.54. The second kappa shape index (κ2) is 5.62. The summed E-state index contributed by atoms with van der Waals surface area (Å²) in [6.07, 6.45) is 0. The molecule has 1 N–H and O–H groups in total. The number of nitrogens with zero attached hydrogens (tertiary/aromatic N) is 1. The fourth-order valence-corrected chi connectivity index (χ4v) is 2.94. The van der Waals surface area contributed by atoms with Crippen LogP contribution >= 0.6 is 28.1 Å². The largest absolute Gasteiger partial charge is 0.331 e. The first-order valence-corrected chi connectivity index (χ1v) is 7.74. The van der Waals surface area contributed by atoms with Crippen LogP contribution in [0.25, 0.3) is 10.9 Å². The molecular formula is C16H11BrN2O2S. The van der Waals surface area contributed by atoms with Crippen molar-refractivity contribution < 1.29 is 4.79 Å². The summed E-state index contributed by atoms with van der Waals surface area (Å²) in [4.78, 5) is 28.3. The van der Waals surface area contributed by atoms with Crippen molar-refractivity contribution in [2.45, 2.75) is 6.92 Å². The molecule has 0 amide bonds. The van der Waals surface area contributed by atoms with Gasteiger partial charge in [0, 0.05) is 10.0 Å². The smallest absolute Gasteiger partial charge is 0.269 e. The number of halogens is 1. The Kier molecular flexibility index (Phi) is 3.80. The van der Waals surface area contributed by atoms with E-state index in [2.05, 4.69) is 20.9 Å². The van der Waals surface area contributed by atoms with Crippen LogP contribution in [0, 0.1) is 11.7 Å². The zero-order valence-corrected chi connectivity index (χ0v) is 14.0. The molecule has 6 heteroatoms. The lowest BCUT2D eigenvalue weighted by Crippen LogP contribution is -2.29. The lowest BCUT2D eigenvalue weighted by molar-refractivity contribution is 0.0953. The minimum Gasteiger partial charge on any atom is -0.331 e. The summed E-state index contributed by atoms with van der Waals surface area (Å²) < 4.78 is 1.86. The Labute approximate surface area is 139 Å². The summed E-state index contributed by atoms with van der Waals surface area (Å²) in [5.74, 6) is -0.425. The van der Waals surface area contributed by atoms with Crippen LogP contribution in [-0.2, 0) is 0 Å². The van der Waals surface area contributed by atoms with Crippen LogP contribution in [0.1, 0.15) is 15.9 Å². The van der Waals surface area contributed by atoms with E-state index in [-0.39, 0.29) is 4.77 Å². The summed E-state index contributed by atoms with van der Waals surface area (Å²) in [5, 5.41) is 0.407. The quantitative estimate of drug-likeness (QED) is 0.658. The molecule has 3 aromatic rings. The van der Waals surface area contributed by atoms with Gasteiger partial charge in [0.05, 0.1) is 10.9 Å². The molecule has 0 atom stereocenters. The molecular weight excluding hydrogens is 364 g/mol. The van der Waals surface area contributed by atoms with Gasteiger partial charge in [-0.1, -0.05) is 34.1 Å². The van der Waals surface area contributed by atoms with Gasteiger partial charge in [0.15, 0.2) is 4.77 Å². The van der Waals surface area contributed by atoms with Crippen molar-refractivity contribution in [2.24, 2.45) is 0 Å². The highest BCUT2D eigenvalue weighted by atomic mass is 79.9. The molecule has 0 radical (unpaired) electrons. The molecule has 0 aliphatic carbocycles. The average molecular weight is 375 g/mol. The van der Waals surface area contributed by atoms with Gasteiger partial charge in [0.1, 0.15) is 0 Å². The number of aryl methyl sites for hydroxylation is 1.